The van der Waals surface area contributed by atoms with Gasteiger partial charge in [-0.05, 0) is 18.6 Å². The zero-order valence-corrected chi connectivity index (χ0v) is 15.9. The lowest BCUT2D eigenvalue weighted by Gasteiger charge is -2.04. The van der Waals surface area contributed by atoms with Gasteiger partial charge in [-0.15, -0.1) is 10.2 Å². The quantitative estimate of drug-likeness (QED) is 0.630. The first-order valence-corrected chi connectivity index (χ1v) is 10.3. The molecule has 0 bridgehead atoms. The third-order valence-electron chi connectivity index (χ3n) is 2.76. The monoisotopic (exact) mass is 400 g/mol. The molecule has 10 heteroatoms. The molecule has 2 N–H and O–H groups in total. The van der Waals surface area contributed by atoms with Crippen LogP contribution in [0.25, 0.3) is 0 Å². The second-order valence-corrected chi connectivity index (χ2v) is 8.21. The van der Waals surface area contributed by atoms with Crippen LogP contribution in [0.1, 0.15) is 13.3 Å². The Balaban J connectivity index is 1.74. The summed E-state index contributed by atoms with van der Waals surface area (Å²) in [6, 6.07) is 5.99. The molecule has 2 amide bonds. The van der Waals surface area contributed by atoms with Gasteiger partial charge in [0.15, 0.2) is 8.68 Å². The van der Waals surface area contributed by atoms with Crippen molar-refractivity contribution in [2.75, 3.05) is 23.4 Å². The van der Waals surface area contributed by atoms with Crippen LogP contribution in [-0.4, -0.2) is 40.1 Å². The number of halogens is 1. The van der Waals surface area contributed by atoms with Crippen LogP contribution < -0.4 is 10.6 Å². The van der Waals surface area contributed by atoms with Crippen molar-refractivity contribution < 1.29 is 14.0 Å². The van der Waals surface area contributed by atoms with Gasteiger partial charge < -0.3 is 10.6 Å². The SMILES string of the molecule is CCCNC(=O)CSc1nnc(SCC(=O)Nc2ccccc2F)s1. The number of nitrogens with one attached hydrogen (secondary N) is 2. The maximum atomic E-state index is 13.5. The second kappa shape index (κ2) is 10.4. The van der Waals surface area contributed by atoms with Crippen LogP contribution in [0.5, 0.6) is 0 Å². The fourth-order valence-corrected chi connectivity index (χ4v) is 4.28. The Morgan fingerprint density at radius 3 is 2.40 bits per heavy atom. The van der Waals surface area contributed by atoms with E-state index in [9.17, 15) is 14.0 Å². The van der Waals surface area contributed by atoms with Crippen molar-refractivity contribution in [3.8, 4) is 0 Å². The number of para-hydroxylation sites is 1. The average molecular weight is 401 g/mol. The minimum Gasteiger partial charge on any atom is -0.355 e. The number of thioether (sulfide) groups is 2. The molecule has 0 spiro atoms. The molecule has 2 aromatic rings. The minimum absolute atomic E-state index is 0.0412. The fourth-order valence-electron chi connectivity index (χ4n) is 1.63. The Labute approximate surface area is 157 Å². The van der Waals surface area contributed by atoms with Crippen molar-refractivity contribution >= 4 is 52.4 Å². The summed E-state index contributed by atoms with van der Waals surface area (Å²) in [5.74, 6) is -0.451. The number of nitrogens with zero attached hydrogens (tertiary/aromatic N) is 2. The number of benzene rings is 1. The summed E-state index contributed by atoms with van der Waals surface area (Å²) >= 11 is 3.85. The first-order chi connectivity index (χ1) is 12.1. The van der Waals surface area contributed by atoms with Crippen LogP contribution in [-0.2, 0) is 9.59 Å². The predicted octanol–water partition coefficient (Wildman–Crippen LogP) is 3.03. The number of carbonyl (C=O) groups is 2. The molecule has 0 atom stereocenters. The summed E-state index contributed by atoms with van der Waals surface area (Å²) in [7, 11) is 0. The molecular weight excluding hydrogens is 383 g/mol. The zero-order chi connectivity index (χ0) is 18.1. The van der Waals surface area contributed by atoms with Crippen LogP contribution >= 0.6 is 34.9 Å². The van der Waals surface area contributed by atoms with Gasteiger partial charge in [0, 0.05) is 6.54 Å². The number of aromatic nitrogens is 2. The fraction of sp³-hybridized carbons (Fsp3) is 0.333. The average Bonchev–Trinajstić information content (AvgIpc) is 3.06. The summed E-state index contributed by atoms with van der Waals surface area (Å²) in [4.78, 5) is 23.4. The highest BCUT2D eigenvalue weighted by Crippen LogP contribution is 2.28. The van der Waals surface area contributed by atoms with Gasteiger partial charge in [-0.1, -0.05) is 53.9 Å². The molecule has 0 unspecified atom stereocenters. The van der Waals surface area contributed by atoms with Gasteiger partial charge in [-0.2, -0.15) is 0 Å². The van der Waals surface area contributed by atoms with Gasteiger partial charge in [-0.3, -0.25) is 9.59 Å². The summed E-state index contributed by atoms with van der Waals surface area (Å²) in [5, 5.41) is 13.3. The molecule has 0 saturated heterocycles. The molecule has 2 rings (SSSR count). The Bertz CT molecular complexity index is 726. The van der Waals surface area contributed by atoms with Crippen LogP contribution in [0, 0.1) is 5.82 Å². The lowest BCUT2D eigenvalue weighted by Crippen LogP contribution is -2.25. The molecule has 0 fully saturated rings. The summed E-state index contributed by atoms with van der Waals surface area (Å²) in [6.07, 6.45) is 0.894. The number of hydrogen-bond donors (Lipinski definition) is 2. The molecular formula is C15H17FN4O2S3. The smallest absolute Gasteiger partial charge is 0.234 e. The van der Waals surface area contributed by atoms with Crippen molar-refractivity contribution in [1.82, 2.24) is 15.5 Å². The zero-order valence-electron chi connectivity index (χ0n) is 13.5. The molecule has 1 heterocycles. The van der Waals surface area contributed by atoms with Crippen LogP contribution in [0.15, 0.2) is 32.9 Å². The first kappa shape index (κ1) is 19.7. The van der Waals surface area contributed by atoms with Crippen molar-refractivity contribution in [3.63, 3.8) is 0 Å². The minimum atomic E-state index is -0.475. The van der Waals surface area contributed by atoms with E-state index in [1.807, 2.05) is 6.92 Å². The predicted molar refractivity (Wildman–Crippen MR) is 99.7 cm³/mol. The number of carbonyl (C=O) groups excluding carboxylic acids is 2. The highest BCUT2D eigenvalue weighted by atomic mass is 32.2. The number of rotatable bonds is 9. The normalized spacial score (nSPS) is 10.5. The molecule has 6 nitrogen and oxygen atoms in total. The first-order valence-electron chi connectivity index (χ1n) is 7.48. The van der Waals surface area contributed by atoms with Gasteiger partial charge in [0.05, 0.1) is 17.2 Å². The van der Waals surface area contributed by atoms with Crippen LogP contribution in [0.4, 0.5) is 10.1 Å². The lowest BCUT2D eigenvalue weighted by molar-refractivity contribution is -0.118. The highest BCUT2D eigenvalue weighted by Gasteiger charge is 2.11. The second-order valence-electron chi connectivity index (χ2n) is 4.79. The Morgan fingerprint density at radius 1 is 1.12 bits per heavy atom. The van der Waals surface area contributed by atoms with Gasteiger partial charge in [0.1, 0.15) is 5.82 Å². The summed E-state index contributed by atoms with van der Waals surface area (Å²) < 4.78 is 14.8. The largest absolute Gasteiger partial charge is 0.355 e. The molecule has 0 aliphatic carbocycles. The number of anilines is 1. The molecule has 1 aromatic carbocycles. The lowest BCUT2D eigenvalue weighted by atomic mass is 10.3. The van der Waals surface area contributed by atoms with Crippen LogP contribution in [0.2, 0.25) is 0 Å². The Hall–Kier alpha value is -1.65. The van der Waals surface area contributed by atoms with E-state index in [4.69, 9.17) is 0 Å². The molecule has 0 radical (unpaired) electrons. The van der Waals surface area contributed by atoms with E-state index < -0.39 is 5.82 Å². The summed E-state index contributed by atoms with van der Waals surface area (Å²) in [6.45, 7) is 2.65. The van der Waals surface area contributed by atoms with E-state index >= 15 is 0 Å². The number of hydrogen-bond acceptors (Lipinski definition) is 7. The van der Waals surface area contributed by atoms with Crippen LogP contribution in [0.3, 0.4) is 0 Å². The van der Waals surface area contributed by atoms with E-state index in [1.54, 1.807) is 12.1 Å². The van der Waals surface area contributed by atoms with Gasteiger partial charge in [0.25, 0.3) is 0 Å². The summed E-state index contributed by atoms with van der Waals surface area (Å²) in [5.41, 5.74) is 0.153. The molecule has 134 valence electrons. The van der Waals surface area contributed by atoms with E-state index in [2.05, 4.69) is 20.8 Å². The molecule has 0 saturated carbocycles. The molecule has 0 aliphatic rings. The van der Waals surface area contributed by atoms with E-state index in [1.165, 1.54) is 47.0 Å². The maximum Gasteiger partial charge on any atom is 0.234 e. The van der Waals surface area contributed by atoms with Crippen molar-refractivity contribution in [2.24, 2.45) is 0 Å². The van der Waals surface area contributed by atoms with E-state index in [0.717, 1.165) is 6.42 Å². The van der Waals surface area contributed by atoms with Crippen molar-refractivity contribution in [1.29, 1.82) is 0 Å². The van der Waals surface area contributed by atoms with Gasteiger partial charge in [-0.25, -0.2) is 4.39 Å². The molecule has 1 aromatic heterocycles. The third-order valence-corrected chi connectivity index (χ3v) is 5.95. The standard InChI is InChI=1S/C15H17FN4O2S3/c1-2-7-17-12(21)8-23-14-19-20-15(25-14)24-9-13(22)18-11-6-4-3-5-10(11)16/h3-6H,2,7-9H2,1H3,(H,17,21)(H,18,22). The van der Waals surface area contributed by atoms with Crippen molar-refractivity contribution in [3.05, 3.63) is 30.1 Å². The van der Waals surface area contributed by atoms with Crippen molar-refractivity contribution in [2.45, 2.75) is 22.0 Å². The van der Waals surface area contributed by atoms with E-state index in [0.29, 0.717) is 15.2 Å². The number of amides is 2. The topological polar surface area (TPSA) is 84.0 Å². The van der Waals surface area contributed by atoms with E-state index in [-0.39, 0.29) is 29.0 Å². The van der Waals surface area contributed by atoms with Gasteiger partial charge >= 0.3 is 0 Å². The highest BCUT2D eigenvalue weighted by molar-refractivity contribution is 8.03. The molecule has 25 heavy (non-hydrogen) atoms. The van der Waals surface area contributed by atoms with Gasteiger partial charge in [0.2, 0.25) is 11.8 Å². The third kappa shape index (κ3) is 7.00. The maximum absolute atomic E-state index is 13.5. The Kier molecular flexibility index (Phi) is 8.16. The Morgan fingerprint density at radius 2 is 1.76 bits per heavy atom. The molecule has 0 aliphatic heterocycles.